The quantitative estimate of drug-likeness (QED) is 0.607. The van der Waals surface area contributed by atoms with Gasteiger partial charge in [-0.2, -0.15) is 0 Å². The molecule has 1 unspecified atom stereocenters. The van der Waals surface area contributed by atoms with Crippen LogP contribution in [0.4, 0.5) is 9.18 Å². The van der Waals surface area contributed by atoms with Crippen LogP contribution in [0.5, 0.6) is 5.75 Å². The molecule has 1 fully saturated rings. The Morgan fingerprint density at radius 1 is 1.03 bits per heavy atom. The van der Waals surface area contributed by atoms with Crippen molar-refractivity contribution < 1.29 is 23.8 Å². The Bertz CT molecular complexity index is 1130. The summed E-state index contributed by atoms with van der Waals surface area (Å²) in [6.45, 7) is 1.50. The molecule has 1 aliphatic heterocycles. The zero-order valence-electron chi connectivity index (χ0n) is 17.3. The lowest BCUT2D eigenvalue weighted by atomic mass is 10.2. The summed E-state index contributed by atoms with van der Waals surface area (Å²) in [6, 6.07) is 16.5. The minimum absolute atomic E-state index is 0.101. The van der Waals surface area contributed by atoms with E-state index >= 15 is 0 Å². The molecule has 32 heavy (non-hydrogen) atoms. The normalized spacial score (nSPS) is 15.7. The monoisotopic (exact) mass is 438 g/mol. The lowest BCUT2D eigenvalue weighted by Gasteiger charge is -2.14. The van der Waals surface area contributed by atoms with E-state index < -0.39 is 6.09 Å². The van der Waals surface area contributed by atoms with Gasteiger partial charge in [0.25, 0.3) is 5.56 Å². The summed E-state index contributed by atoms with van der Waals surface area (Å²) in [6.07, 6.45) is 1.32. The number of ether oxygens (including phenoxy) is 2. The SMILES string of the molecule is O=C(O)N1CCC(OCc2ccc(-n3ccc(OCc4ccc(F)cc4)cc3=O)cc2)C1. The number of likely N-dealkylation sites (tertiary alicyclic amines) is 1. The van der Waals surface area contributed by atoms with Crippen molar-refractivity contribution in [3.8, 4) is 11.4 Å². The van der Waals surface area contributed by atoms with Crippen molar-refractivity contribution in [1.82, 2.24) is 9.47 Å². The molecule has 1 aromatic heterocycles. The second kappa shape index (κ2) is 9.65. The van der Waals surface area contributed by atoms with Gasteiger partial charge in [0.05, 0.1) is 19.3 Å². The first kappa shape index (κ1) is 21.6. The maximum atomic E-state index is 13.0. The highest BCUT2D eigenvalue weighted by molar-refractivity contribution is 5.65. The van der Waals surface area contributed by atoms with Gasteiger partial charge in [-0.3, -0.25) is 9.36 Å². The van der Waals surface area contributed by atoms with Crippen molar-refractivity contribution >= 4 is 6.09 Å². The zero-order chi connectivity index (χ0) is 22.5. The molecule has 0 radical (unpaired) electrons. The first-order valence-electron chi connectivity index (χ1n) is 10.3. The third-order valence-electron chi connectivity index (χ3n) is 5.33. The van der Waals surface area contributed by atoms with Crippen LogP contribution < -0.4 is 10.3 Å². The van der Waals surface area contributed by atoms with Gasteiger partial charge >= 0.3 is 6.09 Å². The van der Waals surface area contributed by atoms with Crippen LogP contribution in [0.2, 0.25) is 0 Å². The van der Waals surface area contributed by atoms with Crippen molar-refractivity contribution in [1.29, 1.82) is 0 Å². The van der Waals surface area contributed by atoms with Crippen LogP contribution in [0.25, 0.3) is 5.69 Å². The highest BCUT2D eigenvalue weighted by Crippen LogP contribution is 2.17. The Balaban J connectivity index is 1.33. The van der Waals surface area contributed by atoms with E-state index in [1.54, 1.807) is 24.4 Å². The minimum Gasteiger partial charge on any atom is -0.489 e. The highest BCUT2D eigenvalue weighted by Gasteiger charge is 2.26. The third-order valence-corrected chi connectivity index (χ3v) is 5.33. The molecule has 1 N–H and O–H groups in total. The number of hydrogen-bond acceptors (Lipinski definition) is 4. The molecular formula is C24H23FN2O5. The van der Waals surface area contributed by atoms with Crippen molar-refractivity contribution in [2.45, 2.75) is 25.7 Å². The molecule has 2 aromatic carbocycles. The van der Waals surface area contributed by atoms with Gasteiger partial charge < -0.3 is 19.5 Å². The molecule has 0 bridgehead atoms. The number of carboxylic acid groups (broad SMARTS) is 1. The molecule has 7 nitrogen and oxygen atoms in total. The molecule has 8 heteroatoms. The van der Waals surface area contributed by atoms with Crippen molar-refractivity contribution in [3.63, 3.8) is 0 Å². The molecule has 1 saturated heterocycles. The first-order chi connectivity index (χ1) is 15.5. The highest BCUT2D eigenvalue weighted by atomic mass is 19.1. The first-order valence-corrected chi connectivity index (χ1v) is 10.3. The van der Waals surface area contributed by atoms with Crippen LogP contribution >= 0.6 is 0 Å². The van der Waals surface area contributed by atoms with E-state index in [4.69, 9.17) is 14.6 Å². The summed E-state index contributed by atoms with van der Waals surface area (Å²) < 4.78 is 25.9. The Kier molecular flexibility index (Phi) is 6.51. The molecule has 1 atom stereocenters. The number of benzene rings is 2. The Labute approximate surface area is 184 Å². The number of halogens is 1. The van der Waals surface area contributed by atoms with E-state index in [0.29, 0.717) is 37.6 Å². The Morgan fingerprint density at radius 2 is 1.72 bits per heavy atom. The lowest BCUT2D eigenvalue weighted by molar-refractivity contribution is 0.0466. The molecule has 0 aliphatic carbocycles. The Hall–Kier alpha value is -3.65. The predicted octanol–water partition coefficient (Wildman–Crippen LogP) is 3.82. The van der Waals surface area contributed by atoms with Crippen LogP contribution in [-0.4, -0.2) is 39.9 Å². The van der Waals surface area contributed by atoms with Gasteiger partial charge in [-0.05, 0) is 47.9 Å². The molecule has 3 aromatic rings. The van der Waals surface area contributed by atoms with E-state index in [-0.39, 0.29) is 24.1 Å². The maximum Gasteiger partial charge on any atom is 0.407 e. The van der Waals surface area contributed by atoms with Crippen molar-refractivity contribution in [2.24, 2.45) is 0 Å². The largest absolute Gasteiger partial charge is 0.489 e. The summed E-state index contributed by atoms with van der Waals surface area (Å²) in [7, 11) is 0. The van der Waals surface area contributed by atoms with Crippen LogP contribution in [0.1, 0.15) is 17.5 Å². The smallest absolute Gasteiger partial charge is 0.407 e. The Morgan fingerprint density at radius 3 is 2.38 bits per heavy atom. The number of hydrogen-bond donors (Lipinski definition) is 1. The van der Waals surface area contributed by atoms with E-state index in [9.17, 15) is 14.0 Å². The third kappa shape index (κ3) is 5.33. The predicted molar refractivity (Wildman–Crippen MR) is 116 cm³/mol. The van der Waals surface area contributed by atoms with Crippen molar-refractivity contribution in [2.75, 3.05) is 13.1 Å². The molecule has 0 spiro atoms. The molecule has 0 saturated carbocycles. The fourth-order valence-corrected chi connectivity index (χ4v) is 3.52. The molecular weight excluding hydrogens is 415 g/mol. The molecule has 166 valence electrons. The van der Waals surface area contributed by atoms with Gasteiger partial charge in [0.15, 0.2) is 0 Å². The molecule has 1 amide bonds. The van der Waals surface area contributed by atoms with Crippen LogP contribution in [-0.2, 0) is 18.0 Å². The van der Waals surface area contributed by atoms with Crippen LogP contribution in [0.15, 0.2) is 71.7 Å². The number of carbonyl (C=O) groups is 1. The summed E-state index contributed by atoms with van der Waals surface area (Å²) in [4.78, 5) is 24.9. The minimum atomic E-state index is -0.919. The van der Waals surface area contributed by atoms with Crippen LogP contribution in [0, 0.1) is 5.82 Å². The molecule has 1 aliphatic rings. The fourth-order valence-electron chi connectivity index (χ4n) is 3.52. The molecule has 2 heterocycles. The van der Waals surface area contributed by atoms with Gasteiger partial charge in [-0.25, -0.2) is 9.18 Å². The number of pyridine rings is 1. The second-order valence-electron chi connectivity index (χ2n) is 7.60. The summed E-state index contributed by atoms with van der Waals surface area (Å²) in [5.41, 5.74) is 2.23. The topological polar surface area (TPSA) is 81.0 Å². The van der Waals surface area contributed by atoms with Gasteiger partial charge in [-0.15, -0.1) is 0 Å². The summed E-state index contributed by atoms with van der Waals surface area (Å²) in [5.74, 6) is 0.129. The van der Waals surface area contributed by atoms with Gasteiger partial charge in [0, 0.05) is 24.5 Å². The molecule has 4 rings (SSSR count). The zero-order valence-corrected chi connectivity index (χ0v) is 17.3. The average Bonchev–Trinajstić information content (AvgIpc) is 3.27. The second-order valence-corrected chi connectivity index (χ2v) is 7.60. The van der Waals surface area contributed by atoms with Gasteiger partial charge in [0.2, 0.25) is 0 Å². The number of amides is 1. The average molecular weight is 438 g/mol. The summed E-state index contributed by atoms with van der Waals surface area (Å²) >= 11 is 0. The van der Waals surface area contributed by atoms with E-state index in [1.165, 1.54) is 27.7 Å². The number of aromatic nitrogens is 1. The maximum absolute atomic E-state index is 13.0. The van der Waals surface area contributed by atoms with E-state index in [1.807, 2.05) is 24.3 Å². The van der Waals surface area contributed by atoms with Gasteiger partial charge in [-0.1, -0.05) is 24.3 Å². The lowest BCUT2D eigenvalue weighted by Crippen LogP contribution is -2.28. The van der Waals surface area contributed by atoms with E-state index in [2.05, 4.69) is 0 Å². The van der Waals surface area contributed by atoms with E-state index in [0.717, 1.165) is 11.1 Å². The standard InChI is InChI=1S/C24H23FN2O5/c25-19-5-1-17(2-6-19)15-31-21-10-12-27(23(28)13-21)20-7-3-18(4-8-20)16-32-22-9-11-26(14-22)24(29)30/h1-8,10,12-13,22H,9,11,14-16H2,(H,29,30). The number of nitrogens with zero attached hydrogens (tertiary/aromatic N) is 2. The number of rotatable bonds is 7. The summed E-state index contributed by atoms with van der Waals surface area (Å²) in [5, 5.41) is 9.01. The van der Waals surface area contributed by atoms with Crippen LogP contribution in [0.3, 0.4) is 0 Å². The van der Waals surface area contributed by atoms with Crippen molar-refractivity contribution in [3.05, 3.63) is 94.2 Å². The van der Waals surface area contributed by atoms with Gasteiger partial charge in [0.1, 0.15) is 18.2 Å². The fraction of sp³-hybridized carbons (Fsp3) is 0.250.